The molecule has 1 rings (SSSR count). The van der Waals surface area contributed by atoms with Gasteiger partial charge in [-0.1, -0.05) is 46.2 Å². The summed E-state index contributed by atoms with van der Waals surface area (Å²) >= 11 is 0. The highest BCUT2D eigenvalue weighted by atomic mass is 16.5. The lowest BCUT2D eigenvalue weighted by molar-refractivity contribution is 0.196. The fourth-order valence-electron chi connectivity index (χ4n) is 1.70. The molecule has 0 aliphatic rings. The van der Waals surface area contributed by atoms with E-state index >= 15 is 0 Å². The van der Waals surface area contributed by atoms with Gasteiger partial charge < -0.3 is 4.74 Å². The average molecular weight is 245 g/mol. The molecule has 0 saturated carbocycles. The second-order valence-electron chi connectivity index (χ2n) is 5.86. The summed E-state index contributed by atoms with van der Waals surface area (Å²) in [6.45, 7) is 9.20. The lowest BCUT2D eigenvalue weighted by atomic mass is 9.98. The number of para-hydroxylation sites is 1. The van der Waals surface area contributed by atoms with Crippen molar-refractivity contribution >= 4 is 0 Å². The second-order valence-corrected chi connectivity index (χ2v) is 5.86. The largest absolute Gasteiger partial charge is 0.491 e. The highest BCUT2D eigenvalue weighted by Gasteiger charge is 2.15. The Morgan fingerprint density at radius 1 is 1.28 bits per heavy atom. The molecule has 0 aromatic heterocycles. The van der Waals surface area contributed by atoms with Crippen LogP contribution in [0, 0.1) is 16.7 Å². The van der Waals surface area contributed by atoms with Crippen LogP contribution in [0.3, 0.4) is 0 Å². The molecule has 0 heterocycles. The van der Waals surface area contributed by atoms with Crippen LogP contribution in [0.15, 0.2) is 18.2 Å². The van der Waals surface area contributed by atoms with Gasteiger partial charge in [0.15, 0.2) is 0 Å². The van der Waals surface area contributed by atoms with Gasteiger partial charge in [-0.3, -0.25) is 0 Å². The fraction of sp³-hybridized carbons (Fsp3) is 0.562. The number of nitriles is 1. The predicted octanol–water partition coefficient (Wildman–Crippen LogP) is 4.33. The maximum atomic E-state index is 9.17. The van der Waals surface area contributed by atoms with Crippen LogP contribution in [0.4, 0.5) is 0 Å². The zero-order valence-corrected chi connectivity index (χ0v) is 11.9. The first-order valence-electron chi connectivity index (χ1n) is 6.62. The molecule has 0 N–H and O–H groups in total. The van der Waals surface area contributed by atoms with Crippen molar-refractivity contribution in [1.29, 1.82) is 5.26 Å². The van der Waals surface area contributed by atoms with Crippen LogP contribution in [-0.4, -0.2) is 6.61 Å². The van der Waals surface area contributed by atoms with E-state index in [1.54, 1.807) is 0 Å². The Bertz CT molecular complexity index is 424. The van der Waals surface area contributed by atoms with E-state index < -0.39 is 0 Å². The molecule has 0 aliphatic carbocycles. The van der Waals surface area contributed by atoms with E-state index in [1.165, 1.54) is 0 Å². The van der Waals surface area contributed by atoms with Gasteiger partial charge in [-0.05, 0) is 29.9 Å². The van der Waals surface area contributed by atoms with Crippen molar-refractivity contribution in [1.82, 2.24) is 0 Å². The number of ether oxygens (including phenoxy) is 1. The van der Waals surface area contributed by atoms with Crippen LogP contribution in [0.5, 0.6) is 5.75 Å². The number of unbranched alkanes of at least 4 members (excludes halogenated alkanes) is 1. The molecule has 2 nitrogen and oxygen atoms in total. The first kappa shape index (κ1) is 14.6. The molecule has 0 fully saturated rings. The van der Waals surface area contributed by atoms with Crippen molar-refractivity contribution in [2.45, 2.75) is 47.0 Å². The minimum Gasteiger partial charge on any atom is -0.491 e. The zero-order chi connectivity index (χ0) is 13.6. The van der Waals surface area contributed by atoms with Crippen molar-refractivity contribution < 1.29 is 4.74 Å². The minimum atomic E-state index is 0.102. The van der Waals surface area contributed by atoms with E-state index in [4.69, 9.17) is 10.00 Å². The molecule has 0 radical (unpaired) electrons. The van der Waals surface area contributed by atoms with E-state index in [-0.39, 0.29) is 5.41 Å². The number of rotatable bonds is 5. The van der Waals surface area contributed by atoms with Crippen molar-refractivity contribution in [3.8, 4) is 11.8 Å². The third kappa shape index (κ3) is 4.41. The summed E-state index contributed by atoms with van der Waals surface area (Å²) in [6, 6.07) is 8.05. The van der Waals surface area contributed by atoms with Crippen molar-refractivity contribution in [2.24, 2.45) is 5.41 Å². The van der Waals surface area contributed by atoms with Gasteiger partial charge in [-0.2, -0.15) is 5.26 Å². The summed E-state index contributed by atoms with van der Waals surface area (Å²) in [5, 5.41) is 9.17. The molecule has 2 heteroatoms. The quantitative estimate of drug-likeness (QED) is 0.773. The Hall–Kier alpha value is -1.49. The van der Waals surface area contributed by atoms with Crippen LogP contribution in [0.25, 0.3) is 0 Å². The molecule has 98 valence electrons. The van der Waals surface area contributed by atoms with Gasteiger partial charge in [-0.15, -0.1) is 0 Å². The highest BCUT2D eigenvalue weighted by Crippen LogP contribution is 2.27. The molecule has 0 saturated heterocycles. The van der Waals surface area contributed by atoms with Crippen molar-refractivity contribution in [3.05, 3.63) is 29.3 Å². The summed E-state index contributed by atoms with van der Waals surface area (Å²) in [5.41, 5.74) is 1.90. The number of aryl methyl sites for hydroxylation is 1. The third-order valence-corrected chi connectivity index (χ3v) is 2.67. The Morgan fingerprint density at radius 3 is 2.56 bits per heavy atom. The molecule has 1 aromatic rings. The second kappa shape index (κ2) is 6.44. The van der Waals surface area contributed by atoms with Gasteiger partial charge in [0.05, 0.1) is 12.2 Å². The van der Waals surface area contributed by atoms with Crippen molar-refractivity contribution in [3.63, 3.8) is 0 Å². The zero-order valence-electron chi connectivity index (χ0n) is 11.9. The summed E-state index contributed by atoms with van der Waals surface area (Å²) in [5.74, 6) is 0.781. The van der Waals surface area contributed by atoms with Gasteiger partial charge in [0.1, 0.15) is 11.8 Å². The summed E-state index contributed by atoms with van der Waals surface area (Å²) in [7, 11) is 0. The normalized spacial score (nSPS) is 11.1. The first-order valence-corrected chi connectivity index (χ1v) is 6.62. The minimum absolute atomic E-state index is 0.102. The molecule has 0 amide bonds. The Labute approximate surface area is 111 Å². The van der Waals surface area contributed by atoms with E-state index in [0.29, 0.717) is 12.2 Å². The third-order valence-electron chi connectivity index (χ3n) is 2.67. The van der Waals surface area contributed by atoms with Crippen LogP contribution in [0.2, 0.25) is 0 Å². The van der Waals surface area contributed by atoms with E-state index in [1.807, 2.05) is 12.1 Å². The molecule has 0 atom stereocenters. The molecule has 18 heavy (non-hydrogen) atoms. The highest BCUT2D eigenvalue weighted by molar-refractivity contribution is 5.48. The van der Waals surface area contributed by atoms with Crippen LogP contribution < -0.4 is 4.74 Å². The topological polar surface area (TPSA) is 33.0 Å². The molecular weight excluding hydrogens is 222 g/mol. The van der Waals surface area contributed by atoms with Crippen LogP contribution in [-0.2, 0) is 6.42 Å². The number of hydrogen-bond donors (Lipinski definition) is 0. The van der Waals surface area contributed by atoms with Gasteiger partial charge in [0, 0.05) is 0 Å². The fourth-order valence-corrected chi connectivity index (χ4v) is 1.70. The lowest BCUT2D eigenvalue weighted by Gasteiger charge is -2.21. The number of nitrogens with zero attached hydrogens (tertiary/aromatic N) is 1. The van der Waals surface area contributed by atoms with Gasteiger partial charge in [0.25, 0.3) is 0 Å². The number of benzene rings is 1. The predicted molar refractivity (Wildman–Crippen MR) is 74.7 cm³/mol. The first-order chi connectivity index (χ1) is 8.48. The molecule has 0 spiro atoms. The summed E-state index contributed by atoms with van der Waals surface area (Å²) in [6.07, 6.45) is 3.25. The Balaban J connectivity index is 2.94. The lowest BCUT2D eigenvalue weighted by Crippen LogP contribution is -2.18. The summed E-state index contributed by atoms with van der Waals surface area (Å²) < 4.78 is 5.90. The SMILES string of the molecule is CCCCc1cccc(C#N)c1OCC(C)(C)C. The molecule has 1 aromatic carbocycles. The molecule has 0 aliphatic heterocycles. The monoisotopic (exact) mass is 245 g/mol. The van der Waals surface area contributed by atoms with E-state index in [2.05, 4.69) is 39.8 Å². The molecule has 0 unspecified atom stereocenters. The summed E-state index contributed by atoms with van der Waals surface area (Å²) in [4.78, 5) is 0. The van der Waals surface area contributed by atoms with Crippen LogP contribution in [0.1, 0.15) is 51.7 Å². The van der Waals surface area contributed by atoms with Gasteiger partial charge >= 0.3 is 0 Å². The molecular formula is C16H23NO. The van der Waals surface area contributed by atoms with E-state index in [9.17, 15) is 0 Å². The van der Waals surface area contributed by atoms with Crippen molar-refractivity contribution in [2.75, 3.05) is 6.61 Å². The standard InChI is InChI=1S/C16H23NO/c1-5-6-8-13-9-7-10-14(11-17)15(13)18-12-16(2,3)4/h7,9-10H,5-6,8,12H2,1-4H3. The maximum Gasteiger partial charge on any atom is 0.140 e. The maximum absolute atomic E-state index is 9.17. The Morgan fingerprint density at radius 2 is 2.00 bits per heavy atom. The average Bonchev–Trinajstić information content (AvgIpc) is 2.32. The smallest absolute Gasteiger partial charge is 0.140 e. The van der Waals surface area contributed by atoms with Gasteiger partial charge in [0.2, 0.25) is 0 Å². The van der Waals surface area contributed by atoms with E-state index in [0.717, 1.165) is 30.6 Å². The van der Waals surface area contributed by atoms with Gasteiger partial charge in [-0.25, -0.2) is 0 Å². The Kier molecular flexibility index (Phi) is 5.22. The molecule has 0 bridgehead atoms. The number of hydrogen-bond acceptors (Lipinski definition) is 2. The van der Waals surface area contributed by atoms with Crippen LogP contribution >= 0.6 is 0 Å².